The molecule has 2 rings (SSSR count). The van der Waals surface area contributed by atoms with Crippen LogP contribution < -0.4 is 11.1 Å². The number of halogens is 4. The first-order valence-corrected chi connectivity index (χ1v) is 6.48. The van der Waals surface area contributed by atoms with Crippen molar-refractivity contribution in [2.75, 3.05) is 5.32 Å². The van der Waals surface area contributed by atoms with Crippen molar-refractivity contribution < 1.29 is 18.0 Å². The fraction of sp³-hybridized carbons (Fsp3) is 0.462. The summed E-state index contributed by atoms with van der Waals surface area (Å²) in [5.74, 6) is -0.655. The van der Waals surface area contributed by atoms with Crippen molar-refractivity contribution in [3.8, 4) is 0 Å². The highest BCUT2D eigenvalue weighted by Crippen LogP contribution is 2.41. The summed E-state index contributed by atoms with van der Waals surface area (Å²) in [5, 5.41) is 2.06. The third-order valence-corrected chi connectivity index (χ3v) is 3.79. The van der Waals surface area contributed by atoms with E-state index in [0.717, 1.165) is 18.9 Å². The molecule has 110 valence electrons. The Kier molecular flexibility index (Phi) is 3.73. The molecule has 1 aromatic rings. The van der Waals surface area contributed by atoms with Gasteiger partial charge in [0.15, 0.2) is 0 Å². The fourth-order valence-corrected chi connectivity index (χ4v) is 2.23. The first kappa shape index (κ1) is 15.1. The molecule has 0 bridgehead atoms. The molecular weight excluding hydrogens is 293 g/mol. The highest BCUT2D eigenvalue weighted by molar-refractivity contribution is 6.34. The van der Waals surface area contributed by atoms with Crippen molar-refractivity contribution >= 4 is 23.2 Å². The van der Waals surface area contributed by atoms with Gasteiger partial charge in [-0.05, 0) is 37.8 Å². The molecule has 1 saturated carbocycles. The lowest BCUT2D eigenvalue weighted by atomic mass is 9.96. The van der Waals surface area contributed by atoms with Crippen LogP contribution in [0, 0.1) is 5.92 Å². The fourth-order valence-electron chi connectivity index (χ4n) is 2.00. The van der Waals surface area contributed by atoms with Gasteiger partial charge in [-0.3, -0.25) is 4.79 Å². The van der Waals surface area contributed by atoms with E-state index in [0.29, 0.717) is 0 Å². The summed E-state index contributed by atoms with van der Waals surface area (Å²) in [6.45, 7) is 1.52. The summed E-state index contributed by atoms with van der Waals surface area (Å²) in [6.07, 6.45) is -3.00. The molecule has 1 aliphatic carbocycles. The molecule has 1 unspecified atom stereocenters. The number of carbonyl (C=O) groups excluding carboxylic acids is 1. The first-order chi connectivity index (χ1) is 9.14. The number of para-hydroxylation sites is 1. The third-order valence-electron chi connectivity index (χ3n) is 3.47. The Morgan fingerprint density at radius 1 is 1.40 bits per heavy atom. The summed E-state index contributed by atoms with van der Waals surface area (Å²) < 4.78 is 38.7. The number of carbonyl (C=O) groups is 1. The second-order valence-corrected chi connectivity index (χ2v) is 5.58. The van der Waals surface area contributed by atoms with Crippen LogP contribution in [0.5, 0.6) is 0 Å². The van der Waals surface area contributed by atoms with Crippen LogP contribution in [0.15, 0.2) is 18.2 Å². The maximum atomic E-state index is 12.9. The molecule has 3 nitrogen and oxygen atoms in total. The summed E-state index contributed by atoms with van der Waals surface area (Å²) in [5.41, 5.74) is 3.27. The summed E-state index contributed by atoms with van der Waals surface area (Å²) in [4.78, 5) is 12.1. The Morgan fingerprint density at radius 3 is 2.50 bits per heavy atom. The third kappa shape index (κ3) is 2.91. The van der Waals surface area contributed by atoms with Gasteiger partial charge in [-0.25, -0.2) is 0 Å². The van der Waals surface area contributed by atoms with Crippen LogP contribution in [0.3, 0.4) is 0 Å². The molecule has 1 atom stereocenters. The van der Waals surface area contributed by atoms with Gasteiger partial charge in [-0.2, -0.15) is 13.2 Å². The van der Waals surface area contributed by atoms with Crippen LogP contribution in [0.2, 0.25) is 5.02 Å². The Morgan fingerprint density at radius 2 is 2.00 bits per heavy atom. The van der Waals surface area contributed by atoms with Crippen LogP contribution in [0.25, 0.3) is 0 Å². The van der Waals surface area contributed by atoms with Crippen LogP contribution >= 0.6 is 11.6 Å². The molecule has 3 N–H and O–H groups in total. The van der Waals surface area contributed by atoms with Crippen molar-refractivity contribution in [1.82, 2.24) is 0 Å². The minimum Gasteiger partial charge on any atom is -0.323 e. The topological polar surface area (TPSA) is 55.1 Å². The molecule has 0 saturated heterocycles. The van der Waals surface area contributed by atoms with Crippen LogP contribution in [-0.2, 0) is 11.0 Å². The van der Waals surface area contributed by atoms with Gasteiger partial charge in [-0.1, -0.05) is 17.7 Å². The number of nitrogens with two attached hydrogens (primary N) is 1. The predicted octanol–water partition coefficient (Wildman–Crippen LogP) is 3.42. The maximum Gasteiger partial charge on any atom is 0.418 e. The molecule has 1 aliphatic rings. The number of benzene rings is 1. The van der Waals surface area contributed by atoms with Crippen molar-refractivity contribution in [3.63, 3.8) is 0 Å². The number of hydrogen-bond acceptors (Lipinski definition) is 2. The van der Waals surface area contributed by atoms with Gasteiger partial charge in [-0.15, -0.1) is 0 Å². The number of rotatable bonds is 3. The molecule has 0 aliphatic heterocycles. The molecule has 20 heavy (non-hydrogen) atoms. The van der Waals surface area contributed by atoms with E-state index in [1.165, 1.54) is 19.1 Å². The monoisotopic (exact) mass is 306 g/mol. The van der Waals surface area contributed by atoms with Crippen molar-refractivity contribution in [2.24, 2.45) is 11.7 Å². The van der Waals surface area contributed by atoms with Gasteiger partial charge in [0.25, 0.3) is 0 Å². The van der Waals surface area contributed by atoms with Crippen LogP contribution in [0.1, 0.15) is 25.3 Å². The Balaban J connectivity index is 2.31. The van der Waals surface area contributed by atoms with Crippen molar-refractivity contribution in [2.45, 2.75) is 31.5 Å². The lowest BCUT2D eigenvalue weighted by Crippen LogP contribution is -2.50. The van der Waals surface area contributed by atoms with Gasteiger partial charge < -0.3 is 11.1 Å². The summed E-state index contributed by atoms with van der Waals surface area (Å²) in [6, 6.07) is 3.34. The average molecular weight is 307 g/mol. The van der Waals surface area contributed by atoms with Crippen LogP contribution in [0.4, 0.5) is 18.9 Å². The van der Waals surface area contributed by atoms with E-state index in [2.05, 4.69) is 5.32 Å². The number of anilines is 1. The van der Waals surface area contributed by atoms with E-state index in [1.807, 2.05) is 0 Å². The van der Waals surface area contributed by atoms with Crippen LogP contribution in [-0.4, -0.2) is 11.4 Å². The minimum atomic E-state index is -4.60. The molecule has 1 fully saturated rings. The van der Waals surface area contributed by atoms with Gasteiger partial charge in [0, 0.05) is 0 Å². The molecule has 0 heterocycles. The lowest BCUT2D eigenvalue weighted by Gasteiger charge is -2.24. The van der Waals surface area contributed by atoms with Gasteiger partial charge >= 0.3 is 6.18 Å². The predicted molar refractivity (Wildman–Crippen MR) is 70.4 cm³/mol. The number of amides is 1. The van der Waals surface area contributed by atoms with E-state index < -0.39 is 28.9 Å². The highest BCUT2D eigenvalue weighted by atomic mass is 35.5. The standard InChI is InChI=1S/C13H14ClF3N2O/c1-12(18,7-5-6-7)11(20)19-10-8(13(15,16)17)3-2-4-9(10)14/h2-4,7H,5-6,18H2,1H3,(H,19,20). The van der Waals surface area contributed by atoms with E-state index >= 15 is 0 Å². The second-order valence-electron chi connectivity index (χ2n) is 5.17. The summed E-state index contributed by atoms with van der Waals surface area (Å²) in [7, 11) is 0. The lowest BCUT2D eigenvalue weighted by molar-refractivity contribution is -0.137. The Labute approximate surface area is 119 Å². The molecule has 0 radical (unpaired) electrons. The van der Waals surface area contributed by atoms with E-state index in [-0.39, 0.29) is 10.9 Å². The molecule has 0 aromatic heterocycles. The largest absolute Gasteiger partial charge is 0.418 e. The second kappa shape index (κ2) is 4.93. The molecule has 7 heteroatoms. The van der Waals surface area contributed by atoms with Crippen molar-refractivity contribution in [3.05, 3.63) is 28.8 Å². The Bertz CT molecular complexity index is 539. The van der Waals surface area contributed by atoms with E-state index in [9.17, 15) is 18.0 Å². The van der Waals surface area contributed by atoms with Gasteiger partial charge in [0.1, 0.15) is 0 Å². The smallest absolute Gasteiger partial charge is 0.323 e. The number of alkyl halides is 3. The zero-order chi connectivity index (χ0) is 15.1. The SMILES string of the molecule is CC(N)(C(=O)Nc1c(Cl)cccc1C(F)(F)F)C1CC1. The Hall–Kier alpha value is -1.27. The number of nitrogens with one attached hydrogen (secondary N) is 1. The quantitative estimate of drug-likeness (QED) is 0.899. The maximum absolute atomic E-state index is 12.9. The normalized spacial score (nSPS) is 18.5. The van der Waals surface area contributed by atoms with E-state index in [4.69, 9.17) is 17.3 Å². The van der Waals surface area contributed by atoms with E-state index in [1.54, 1.807) is 0 Å². The molecule has 1 aromatic carbocycles. The highest BCUT2D eigenvalue weighted by Gasteiger charge is 2.45. The summed E-state index contributed by atoms with van der Waals surface area (Å²) >= 11 is 5.77. The molecule has 0 spiro atoms. The molecule has 1 amide bonds. The van der Waals surface area contributed by atoms with Gasteiger partial charge in [0.05, 0.1) is 21.8 Å². The zero-order valence-electron chi connectivity index (χ0n) is 10.7. The van der Waals surface area contributed by atoms with Gasteiger partial charge in [0.2, 0.25) is 5.91 Å². The van der Waals surface area contributed by atoms with Crippen molar-refractivity contribution in [1.29, 1.82) is 0 Å². The number of hydrogen-bond donors (Lipinski definition) is 2. The average Bonchev–Trinajstić information content (AvgIpc) is 3.14. The minimum absolute atomic E-state index is 0.000625. The first-order valence-electron chi connectivity index (χ1n) is 6.10. The zero-order valence-corrected chi connectivity index (χ0v) is 11.5. The molecular formula is C13H14ClF3N2O.